The highest BCUT2D eigenvalue weighted by atomic mass is 127. The smallest absolute Gasteiger partial charge is 0.174 e. The predicted molar refractivity (Wildman–Crippen MR) is 55.9 cm³/mol. The van der Waals surface area contributed by atoms with Gasteiger partial charge in [-0.15, -0.1) is 0 Å². The molecule has 0 fully saturated rings. The van der Waals surface area contributed by atoms with E-state index >= 15 is 0 Å². The first kappa shape index (κ1) is 10.3. The summed E-state index contributed by atoms with van der Waals surface area (Å²) in [4.78, 5) is 3.99. The molecule has 12 heavy (non-hydrogen) atoms. The lowest BCUT2D eigenvalue weighted by molar-refractivity contribution is 0.590. The lowest BCUT2D eigenvalue weighted by Crippen LogP contribution is -2.09. The summed E-state index contributed by atoms with van der Waals surface area (Å²) in [5.74, 6) is 0.395. The third-order valence-electron chi connectivity index (χ3n) is 1.42. The molecule has 7 heteroatoms. The van der Waals surface area contributed by atoms with Gasteiger partial charge in [-0.2, -0.15) is 4.37 Å². The van der Waals surface area contributed by atoms with Crippen LogP contribution in [0.1, 0.15) is 18.0 Å². The van der Waals surface area contributed by atoms with Gasteiger partial charge < -0.3 is 0 Å². The van der Waals surface area contributed by atoms with Crippen molar-refractivity contribution in [2.75, 3.05) is 6.26 Å². The molecule has 0 saturated heterocycles. The minimum atomic E-state index is -3.06. The molecule has 1 atom stereocenters. The molecule has 0 aliphatic carbocycles. The molecule has 0 aliphatic rings. The molecule has 0 aliphatic heterocycles. The SMILES string of the molecule is CC(c1nsc(I)n1)S(C)(=O)=O. The number of nitrogens with zero attached hydrogens (tertiary/aromatic N) is 2. The first-order valence-electron chi connectivity index (χ1n) is 3.09. The number of aromatic nitrogens is 2. The third-order valence-corrected chi connectivity index (χ3v) is 4.27. The van der Waals surface area contributed by atoms with E-state index in [4.69, 9.17) is 0 Å². The van der Waals surface area contributed by atoms with Crippen molar-refractivity contribution in [3.8, 4) is 0 Å². The van der Waals surface area contributed by atoms with Crippen LogP contribution in [-0.4, -0.2) is 24.0 Å². The van der Waals surface area contributed by atoms with Gasteiger partial charge in [0.1, 0.15) is 5.25 Å². The molecule has 0 spiro atoms. The lowest BCUT2D eigenvalue weighted by atomic mass is 10.5. The van der Waals surface area contributed by atoms with Crippen LogP contribution in [0.2, 0.25) is 0 Å². The van der Waals surface area contributed by atoms with E-state index in [2.05, 4.69) is 9.36 Å². The molecule has 0 radical (unpaired) electrons. The van der Waals surface area contributed by atoms with Crippen LogP contribution in [0.3, 0.4) is 0 Å². The number of hydrogen-bond acceptors (Lipinski definition) is 5. The van der Waals surface area contributed by atoms with E-state index in [-0.39, 0.29) is 0 Å². The van der Waals surface area contributed by atoms with Gasteiger partial charge in [0, 0.05) is 6.26 Å². The Bertz CT molecular complexity index is 373. The van der Waals surface area contributed by atoms with Crippen molar-refractivity contribution < 1.29 is 8.42 Å². The summed E-state index contributed by atoms with van der Waals surface area (Å²) in [6.07, 6.45) is 1.19. The third kappa shape index (κ3) is 2.36. The molecule has 1 rings (SSSR count). The van der Waals surface area contributed by atoms with Gasteiger partial charge in [0.25, 0.3) is 0 Å². The summed E-state index contributed by atoms with van der Waals surface area (Å²) < 4.78 is 26.8. The summed E-state index contributed by atoms with van der Waals surface area (Å²) in [6, 6.07) is 0. The molecular formula is C5H7IN2O2S2. The zero-order chi connectivity index (χ0) is 9.35. The molecule has 1 aromatic rings. The number of rotatable bonds is 2. The van der Waals surface area contributed by atoms with Crippen molar-refractivity contribution in [3.05, 3.63) is 8.84 Å². The van der Waals surface area contributed by atoms with Gasteiger partial charge in [0.15, 0.2) is 18.7 Å². The minimum Gasteiger partial charge on any atom is -0.228 e. The van der Waals surface area contributed by atoms with Gasteiger partial charge in [0.2, 0.25) is 0 Å². The van der Waals surface area contributed by atoms with E-state index in [0.29, 0.717) is 5.82 Å². The second-order valence-corrected chi connectivity index (χ2v) is 7.25. The summed E-state index contributed by atoms with van der Waals surface area (Å²) in [5.41, 5.74) is 0. The van der Waals surface area contributed by atoms with Gasteiger partial charge in [-0.05, 0) is 41.0 Å². The average molecular weight is 318 g/mol. The zero-order valence-corrected chi connectivity index (χ0v) is 10.3. The summed E-state index contributed by atoms with van der Waals surface area (Å²) >= 11 is 3.22. The fourth-order valence-electron chi connectivity index (χ4n) is 0.572. The van der Waals surface area contributed by atoms with Crippen LogP contribution in [0, 0.1) is 3.01 Å². The van der Waals surface area contributed by atoms with E-state index in [1.54, 1.807) is 6.92 Å². The van der Waals surface area contributed by atoms with E-state index < -0.39 is 15.1 Å². The Balaban J connectivity index is 3.01. The van der Waals surface area contributed by atoms with Crippen LogP contribution >= 0.6 is 34.1 Å². The van der Waals surface area contributed by atoms with Crippen molar-refractivity contribution in [2.45, 2.75) is 12.2 Å². The average Bonchev–Trinajstić information content (AvgIpc) is 2.32. The van der Waals surface area contributed by atoms with E-state index in [1.807, 2.05) is 22.6 Å². The number of sulfone groups is 1. The molecule has 0 N–H and O–H groups in total. The maximum Gasteiger partial charge on any atom is 0.174 e. The fourth-order valence-corrected chi connectivity index (χ4v) is 2.17. The Hall–Kier alpha value is 0.240. The minimum absolute atomic E-state index is 0.395. The van der Waals surface area contributed by atoms with Crippen molar-refractivity contribution in [3.63, 3.8) is 0 Å². The number of hydrogen-bond donors (Lipinski definition) is 0. The van der Waals surface area contributed by atoms with Gasteiger partial charge in [-0.25, -0.2) is 13.4 Å². The van der Waals surface area contributed by atoms with Crippen molar-refractivity contribution in [2.24, 2.45) is 0 Å². The molecule has 68 valence electrons. The van der Waals surface area contributed by atoms with Crippen LogP contribution in [-0.2, 0) is 9.84 Å². The van der Waals surface area contributed by atoms with Crippen molar-refractivity contribution >= 4 is 44.0 Å². The first-order chi connectivity index (χ1) is 5.41. The summed E-state index contributed by atoms with van der Waals surface area (Å²) in [7, 11) is -3.06. The lowest BCUT2D eigenvalue weighted by Gasteiger charge is -2.02. The molecule has 1 aromatic heterocycles. The van der Waals surface area contributed by atoms with Crippen LogP contribution in [0.25, 0.3) is 0 Å². The molecular weight excluding hydrogens is 311 g/mol. The molecule has 1 unspecified atom stereocenters. The quantitative estimate of drug-likeness (QED) is 0.770. The fraction of sp³-hybridized carbons (Fsp3) is 0.600. The molecule has 4 nitrogen and oxygen atoms in total. The van der Waals surface area contributed by atoms with Crippen LogP contribution in [0.15, 0.2) is 0 Å². The first-order valence-corrected chi connectivity index (χ1v) is 6.90. The van der Waals surface area contributed by atoms with Gasteiger partial charge in [0.05, 0.1) is 0 Å². The second-order valence-electron chi connectivity index (χ2n) is 2.38. The highest BCUT2D eigenvalue weighted by molar-refractivity contribution is 14.1. The van der Waals surface area contributed by atoms with Crippen LogP contribution in [0.4, 0.5) is 0 Å². The Morgan fingerprint density at radius 3 is 2.50 bits per heavy atom. The molecule has 0 amide bonds. The van der Waals surface area contributed by atoms with E-state index in [9.17, 15) is 8.42 Å². The second kappa shape index (κ2) is 3.54. The van der Waals surface area contributed by atoms with Gasteiger partial charge >= 0.3 is 0 Å². The highest BCUT2D eigenvalue weighted by Crippen LogP contribution is 2.19. The Kier molecular flexibility index (Phi) is 3.05. The Morgan fingerprint density at radius 1 is 1.58 bits per heavy atom. The predicted octanol–water partition coefficient (Wildman–Crippen LogP) is 1.25. The van der Waals surface area contributed by atoms with Crippen LogP contribution < -0.4 is 0 Å². The monoisotopic (exact) mass is 318 g/mol. The summed E-state index contributed by atoms with van der Waals surface area (Å²) in [6.45, 7) is 1.59. The molecule has 1 heterocycles. The van der Waals surface area contributed by atoms with E-state index in [1.165, 1.54) is 17.8 Å². The maximum absolute atomic E-state index is 11.1. The van der Waals surface area contributed by atoms with Crippen molar-refractivity contribution in [1.29, 1.82) is 0 Å². The standard InChI is InChI=1S/C5H7IN2O2S2/c1-3(12(2,9)10)4-7-5(6)11-8-4/h3H,1-2H3. The largest absolute Gasteiger partial charge is 0.228 e. The summed E-state index contributed by atoms with van der Waals surface area (Å²) in [5, 5.41) is -0.600. The topological polar surface area (TPSA) is 59.9 Å². The normalized spacial score (nSPS) is 14.6. The van der Waals surface area contributed by atoms with Crippen LogP contribution in [0.5, 0.6) is 0 Å². The molecule has 0 saturated carbocycles. The van der Waals surface area contributed by atoms with Gasteiger partial charge in [-0.1, -0.05) is 0 Å². The molecule has 0 aromatic carbocycles. The Morgan fingerprint density at radius 2 is 2.17 bits per heavy atom. The Labute approximate surface area is 88.6 Å². The zero-order valence-electron chi connectivity index (χ0n) is 6.48. The maximum atomic E-state index is 11.1. The van der Waals surface area contributed by atoms with Crippen molar-refractivity contribution in [1.82, 2.24) is 9.36 Å². The van der Waals surface area contributed by atoms with E-state index in [0.717, 1.165) is 3.01 Å². The molecule has 0 bridgehead atoms. The van der Waals surface area contributed by atoms with Gasteiger partial charge in [-0.3, -0.25) is 0 Å². The highest BCUT2D eigenvalue weighted by Gasteiger charge is 2.21. The number of halogens is 1.